The normalized spacial score (nSPS) is 21.9. The lowest BCUT2D eigenvalue weighted by molar-refractivity contribution is -0.145. The molecule has 1 aromatic carbocycles. The average molecular weight is 277 g/mol. The lowest BCUT2D eigenvalue weighted by Gasteiger charge is -2.23. The van der Waals surface area contributed by atoms with Crippen LogP contribution in [0.2, 0.25) is 0 Å². The van der Waals surface area contributed by atoms with E-state index in [2.05, 4.69) is 0 Å². The molecule has 1 N–H and O–H groups in total. The molecule has 0 bridgehead atoms. The summed E-state index contributed by atoms with van der Waals surface area (Å²) in [4.78, 5) is 25.8. The Balaban J connectivity index is 2.29. The molecule has 1 fully saturated rings. The van der Waals surface area contributed by atoms with Crippen molar-refractivity contribution in [2.75, 3.05) is 13.7 Å². The van der Waals surface area contributed by atoms with Crippen LogP contribution in [0.1, 0.15) is 29.3 Å². The van der Waals surface area contributed by atoms with Crippen LogP contribution >= 0.6 is 0 Å². The van der Waals surface area contributed by atoms with E-state index in [-0.39, 0.29) is 18.9 Å². The molecular weight excluding hydrogens is 258 g/mol. The zero-order chi connectivity index (χ0) is 14.7. The Morgan fingerprint density at radius 3 is 2.75 bits per heavy atom. The van der Waals surface area contributed by atoms with Crippen LogP contribution < -0.4 is 0 Å². The number of hydrogen-bond acceptors (Lipinski definition) is 4. The summed E-state index contributed by atoms with van der Waals surface area (Å²) in [6.45, 7) is 2.14. The van der Waals surface area contributed by atoms with Gasteiger partial charge in [-0.25, -0.2) is 4.79 Å². The quantitative estimate of drug-likeness (QED) is 0.837. The van der Waals surface area contributed by atoms with Crippen molar-refractivity contribution in [1.82, 2.24) is 4.90 Å². The van der Waals surface area contributed by atoms with Crippen molar-refractivity contribution >= 4 is 11.9 Å². The monoisotopic (exact) mass is 277 g/mol. The molecule has 0 radical (unpaired) electrons. The number of hydrogen-bond donors (Lipinski definition) is 1. The maximum atomic E-state index is 12.6. The minimum Gasteiger partial charge on any atom is -0.467 e. The van der Waals surface area contributed by atoms with Gasteiger partial charge >= 0.3 is 5.97 Å². The summed E-state index contributed by atoms with van der Waals surface area (Å²) in [5.41, 5.74) is 1.51. The second-order valence-corrected chi connectivity index (χ2v) is 4.90. The molecule has 1 aromatic rings. The minimum atomic E-state index is -0.701. The molecule has 20 heavy (non-hydrogen) atoms. The highest BCUT2D eigenvalue weighted by Crippen LogP contribution is 2.23. The Morgan fingerprint density at radius 1 is 1.40 bits per heavy atom. The first-order chi connectivity index (χ1) is 9.58. The SMILES string of the molecule is CCc1ccccc1C(=O)N1CC(O)CC1C(=O)OC. The molecule has 1 aliphatic rings. The van der Waals surface area contributed by atoms with Gasteiger partial charge < -0.3 is 14.7 Å². The van der Waals surface area contributed by atoms with Crippen LogP contribution in [0.4, 0.5) is 0 Å². The van der Waals surface area contributed by atoms with E-state index in [9.17, 15) is 14.7 Å². The largest absolute Gasteiger partial charge is 0.467 e. The first-order valence-electron chi connectivity index (χ1n) is 6.73. The summed E-state index contributed by atoms with van der Waals surface area (Å²) in [6, 6.07) is 6.62. The predicted molar refractivity (Wildman–Crippen MR) is 73.3 cm³/mol. The minimum absolute atomic E-state index is 0.163. The first kappa shape index (κ1) is 14.5. The molecule has 1 amide bonds. The number of methoxy groups -OCH3 is 1. The number of ether oxygens (including phenoxy) is 1. The molecule has 5 nitrogen and oxygen atoms in total. The lowest BCUT2D eigenvalue weighted by Crippen LogP contribution is -2.41. The number of esters is 1. The summed E-state index contributed by atoms with van der Waals surface area (Å²) in [7, 11) is 1.29. The van der Waals surface area contributed by atoms with Gasteiger partial charge in [0.25, 0.3) is 5.91 Å². The van der Waals surface area contributed by atoms with Gasteiger partial charge in [0.05, 0.1) is 13.2 Å². The molecule has 108 valence electrons. The Morgan fingerprint density at radius 2 is 2.10 bits per heavy atom. The Labute approximate surface area is 118 Å². The van der Waals surface area contributed by atoms with Crippen LogP contribution in [0.3, 0.4) is 0 Å². The molecule has 0 aromatic heterocycles. The number of aliphatic hydroxyl groups is 1. The summed E-state index contributed by atoms with van der Waals surface area (Å²) < 4.78 is 4.71. The van der Waals surface area contributed by atoms with Gasteiger partial charge in [-0.05, 0) is 18.1 Å². The number of aryl methyl sites for hydroxylation is 1. The fraction of sp³-hybridized carbons (Fsp3) is 0.467. The zero-order valence-electron chi connectivity index (χ0n) is 11.7. The summed E-state index contributed by atoms with van der Waals surface area (Å²) in [6.07, 6.45) is 0.283. The van der Waals surface area contributed by atoms with Crippen LogP contribution in [0.5, 0.6) is 0 Å². The average Bonchev–Trinajstić information content (AvgIpc) is 2.87. The van der Waals surface area contributed by atoms with Crippen LogP contribution in [-0.2, 0) is 16.0 Å². The molecule has 5 heteroatoms. The molecule has 0 saturated carbocycles. The highest BCUT2D eigenvalue weighted by atomic mass is 16.5. The van der Waals surface area contributed by atoms with E-state index in [0.717, 1.165) is 12.0 Å². The Hall–Kier alpha value is -1.88. The van der Waals surface area contributed by atoms with Crippen molar-refractivity contribution in [3.8, 4) is 0 Å². The van der Waals surface area contributed by atoms with Crippen molar-refractivity contribution in [3.05, 3.63) is 35.4 Å². The van der Waals surface area contributed by atoms with Crippen LogP contribution in [0, 0.1) is 0 Å². The van der Waals surface area contributed by atoms with Gasteiger partial charge in [0.1, 0.15) is 6.04 Å². The van der Waals surface area contributed by atoms with E-state index in [4.69, 9.17) is 4.74 Å². The fourth-order valence-electron chi connectivity index (χ4n) is 2.59. The molecule has 2 rings (SSSR count). The molecule has 1 heterocycles. The van der Waals surface area contributed by atoms with Crippen molar-refractivity contribution < 1.29 is 19.4 Å². The van der Waals surface area contributed by atoms with Gasteiger partial charge in [0.15, 0.2) is 0 Å². The third-order valence-corrected chi connectivity index (χ3v) is 3.64. The molecular formula is C15H19NO4. The molecule has 0 spiro atoms. The number of nitrogens with zero attached hydrogens (tertiary/aromatic N) is 1. The van der Waals surface area contributed by atoms with E-state index in [1.54, 1.807) is 12.1 Å². The summed E-state index contributed by atoms with van der Waals surface area (Å²) in [5, 5.41) is 9.74. The second kappa shape index (κ2) is 6.05. The van der Waals surface area contributed by atoms with Gasteiger partial charge in [-0.15, -0.1) is 0 Å². The van der Waals surface area contributed by atoms with E-state index in [1.807, 2.05) is 19.1 Å². The molecule has 1 saturated heterocycles. The first-order valence-corrected chi connectivity index (χ1v) is 6.73. The summed E-state index contributed by atoms with van der Waals surface area (Å²) >= 11 is 0. The van der Waals surface area contributed by atoms with Gasteiger partial charge in [0.2, 0.25) is 0 Å². The number of likely N-dealkylation sites (tertiary alicyclic amines) is 1. The highest BCUT2D eigenvalue weighted by molar-refractivity contribution is 5.98. The number of β-amino-alcohol motifs (C(OH)–C–C–N with tert-alkyl or cyclic N) is 1. The smallest absolute Gasteiger partial charge is 0.328 e. The summed E-state index contributed by atoms with van der Waals surface area (Å²) in [5.74, 6) is -0.710. The van der Waals surface area contributed by atoms with Gasteiger partial charge in [0, 0.05) is 18.5 Å². The maximum Gasteiger partial charge on any atom is 0.328 e. The zero-order valence-corrected chi connectivity index (χ0v) is 11.7. The number of carbonyl (C=O) groups is 2. The Bertz CT molecular complexity index is 514. The van der Waals surface area contributed by atoms with E-state index < -0.39 is 18.1 Å². The predicted octanol–water partition coefficient (Wildman–Crippen LogP) is 0.997. The highest BCUT2D eigenvalue weighted by Gasteiger charge is 2.40. The van der Waals surface area contributed by atoms with Crippen molar-refractivity contribution in [3.63, 3.8) is 0 Å². The standard InChI is InChI=1S/C15H19NO4/c1-3-10-6-4-5-7-12(10)14(18)16-9-11(17)8-13(16)15(19)20-2/h4-7,11,13,17H,3,8-9H2,1-2H3. The van der Waals surface area contributed by atoms with Gasteiger partial charge in [-0.2, -0.15) is 0 Å². The van der Waals surface area contributed by atoms with Crippen LogP contribution in [-0.4, -0.2) is 47.7 Å². The second-order valence-electron chi connectivity index (χ2n) is 4.90. The molecule has 2 unspecified atom stereocenters. The topological polar surface area (TPSA) is 66.8 Å². The number of carbonyl (C=O) groups excluding carboxylic acids is 2. The lowest BCUT2D eigenvalue weighted by atomic mass is 10.0. The van der Waals surface area contributed by atoms with Crippen molar-refractivity contribution in [2.45, 2.75) is 31.9 Å². The fourth-order valence-corrected chi connectivity index (χ4v) is 2.59. The molecule has 0 aliphatic carbocycles. The van der Waals surface area contributed by atoms with Crippen molar-refractivity contribution in [1.29, 1.82) is 0 Å². The Kier molecular flexibility index (Phi) is 4.39. The third kappa shape index (κ3) is 2.67. The van der Waals surface area contributed by atoms with Crippen LogP contribution in [0.15, 0.2) is 24.3 Å². The van der Waals surface area contributed by atoms with E-state index in [0.29, 0.717) is 5.56 Å². The van der Waals surface area contributed by atoms with E-state index in [1.165, 1.54) is 12.0 Å². The molecule has 1 aliphatic heterocycles. The van der Waals surface area contributed by atoms with E-state index >= 15 is 0 Å². The maximum absolute atomic E-state index is 12.6. The number of benzene rings is 1. The molecule has 2 atom stereocenters. The van der Waals surface area contributed by atoms with Gasteiger partial charge in [-0.3, -0.25) is 4.79 Å². The number of amides is 1. The van der Waals surface area contributed by atoms with Gasteiger partial charge in [-0.1, -0.05) is 25.1 Å². The third-order valence-electron chi connectivity index (χ3n) is 3.64. The van der Waals surface area contributed by atoms with Crippen LogP contribution in [0.25, 0.3) is 0 Å². The number of aliphatic hydroxyl groups excluding tert-OH is 1. The number of rotatable bonds is 3. The van der Waals surface area contributed by atoms with Crippen molar-refractivity contribution in [2.24, 2.45) is 0 Å².